The average molecular weight is 343 g/mol. The van der Waals surface area contributed by atoms with E-state index in [2.05, 4.69) is 78.8 Å². The van der Waals surface area contributed by atoms with Gasteiger partial charge in [0.2, 0.25) is 0 Å². The number of rotatable bonds is 1. The number of hydrogen-bond donors (Lipinski definition) is 0. The molecule has 0 N–H and O–H groups in total. The van der Waals surface area contributed by atoms with Crippen LogP contribution >= 0.6 is 22.7 Å². The fourth-order valence-electron chi connectivity index (χ4n) is 2.94. The van der Waals surface area contributed by atoms with Gasteiger partial charge in [0.1, 0.15) is 0 Å². The Morgan fingerprint density at radius 1 is 0.739 bits per heavy atom. The van der Waals surface area contributed by atoms with Gasteiger partial charge in [0, 0.05) is 19.2 Å². The van der Waals surface area contributed by atoms with Crippen LogP contribution in [-0.4, -0.2) is 0 Å². The van der Waals surface area contributed by atoms with Crippen molar-refractivity contribution in [1.29, 1.82) is 0 Å². The number of fused-ring (bicyclic) bond motifs is 1. The minimum Gasteiger partial charge on any atom is -0.140 e. The average Bonchev–Trinajstić information content (AvgIpc) is 2.93. The molecular weight excluding hydrogens is 316 g/mol. The molecule has 0 fully saturated rings. The molecular formula is C21H26S2. The highest BCUT2D eigenvalue weighted by Crippen LogP contribution is 2.42. The van der Waals surface area contributed by atoms with Gasteiger partial charge in [0.25, 0.3) is 0 Å². The first-order valence-electron chi connectivity index (χ1n) is 8.21. The SMILES string of the molecule is Cc1cc2sc(-c3ccc(C(C)(C)C)cc3C(C)(C)C)cc2s1. The van der Waals surface area contributed by atoms with E-state index in [1.54, 1.807) is 0 Å². The fourth-order valence-corrected chi connectivity index (χ4v) is 5.29. The van der Waals surface area contributed by atoms with Crippen LogP contribution in [0, 0.1) is 6.92 Å². The Morgan fingerprint density at radius 2 is 1.39 bits per heavy atom. The van der Waals surface area contributed by atoms with E-state index in [0.717, 1.165) is 0 Å². The molecule has 3 rings (SSSR count). The highest BCUT2D eigenvalue weighted by Gasteiger charge is 2.23. The first-order chi connectivity index (χ1) is 10.6. The summed E-state index contributed by atoms with van der Waals surface area (Å²) in [5, 5.41) is 0. The smallest absolute Gasteiger partial charge is 0.0459 e. The van der Waals surface area contributed by atoms with Crippen LogP contribution in [-0.2, 0) is 10.8 Å². The van der Waals surface area contributed by atoms with Crippen LogP contribution in [0.5, 0.6) is 0 Å². The first-order valence-corrected chi connectivity index (χ1v) is 9.84. The van der Waals surface area contributed by atoms with Crippen LogP contribution in [0.25, 0.3) is 19.8 Å². The summed E-state index contributed by atoms with van der Waals surface area (Å²) in [6, 6.07) is 11.8. The highest BCUT2D eigenvalue weighted by molar-refractivity contribution is 7.29. The van der Waals surface area contributed by atoms with Crippen LogP contribution in [0.3, 0.4) is 0 Å². The highest BCUT2D eigenvalue weighted by atomic mass is 32.1. The van der Waals surface area contributed by atoms with Gasteiger partial charge in [-0.15, -0.1) is 22.7 Å². The number of hydrogen-bond acceptors (Lipinski definition) is 2. The van der Waals surface area contributed by atoms with Gasteiger partial charge in [-0.2, -0.15) is 0 Å². The number of thiophene rings is 2. The van der Waals surface area contributed by atoms with E-state index < -0.39 is 0 Å². The Balaban J connectivity index is 2.19. The zero-order valence-electron chi connectivity index (χ0n) is 15.2. The summed E-state index contributed by atoms with van der Waals surface area (Å²) in [6.07, 6.45) is 0. The molecule has 0 aliphatic carbocycles. The van der Waals surface area contributed by atoms with Crippen LogP contribution in [0.1, 0.15) is 57.5 Å². The summed E-state index contributed by atoms with van der Waals surface area (Å²) in [6.45, 7) is 16.0. The molecule has 0 saturated carbocycles. The normalized spacial score (nSPS) is 13.0. The largest absolute Gasteiger partial charge is 0.140 e. The second kappa shape index (κ2) is 5.46. The van der Waals surface area contributed by atoms with E-state index >= 15 is 0 Å². The Kier molecular flexibility index (Phi) is 3.97. The van der Waals surface area contributed by atoms with Gasteiger partial charge in [0.15, 0.2) is 0 Å². The van der Waals surface area contributed by atoms with Crippen LogP contribution in [0.2, 0.25) is 0 Å². The minimum absolute atomic E-state index is 0.143. The molecule has 0 amide bonds. The third-order valence-corrected chi connectivity index (χ3v) is 6.53. The maximum Gasteiger partial charge on any atom is 0.0459 e. The summed E-state index contributed by atoms with van der Waals surface area (Å²) in [4.78, 5) is 2.80. The molecule has 0 unspecified atom stereocenters. The van der Waals surface area contributed by atoms with Crippen LogP contribution < -0.4 is 0 Å². The summed E-state index contributed by atoms with van der Waals surface area (Å²) >= 11 is 3.82. The topological polar surface area (TPSA) is 0 Å². The van der Waals surface area contributed by atoms with Crippen molar-refractivity contribution in [2.45, 2.75) is 59.3 Å². The second-order valence-electron chi connectivity index (χ2n) is 8.46. The standard InChI is InChI=1S/C21H26S2/c1-13-10-18-19(22-13)12-17(23-18)15-9-8-14(20(2,3)4)11-16(15)21(5,6)7/h8-12H,1-7H3. The van der Waals surface area contributed by atoms with Gasteiger partial charge in [0.05, 0.1) is 0 Å². The van der Waals surface area contributed by atoms with Gasteiger partial charge < -0.3 is 0 Å². The monoisotopic (exact) mass is 342 g/mol. The molecule has 0 aliphatic heterocycles. The first kappa shape index (κ1) is 16.7. The van der Waals surface area contributed by atoms with Gasteiger partial charge in [-0.25, -0.2) is 0 Å². The zero-order valence-corrected chi connectivity index (χ0v) is 16.8. The lowest BCUT2D eigenvalue weighted by Gasteiger charge is -2.27. The summed E-state index contributed by atoms with van der Waals surface area (Å²) < 4.78 is 2.84. The van der Waals surface area contributed by atoms with Crippen molar-refractivity contribution >= 4 is 32.1 Å². The van der Waals surface area contributed by atoms with Crippen molar-refractivity contribution in [2.75, 3.05) is 0 Å². The van der Waals surface area contributed by atoms with E-state index in [0.29, 0.717) is 0 Å². The van der Waals surface area contributed by atoms with Crippen molar-refractivity contribution in [3.8, 4) is 10.4 Å². The van der Waals surface area contributed by atoms with E-state index in [9.17, 15) is 0 Å². The summed E-state index contributed by atoms with van der Waals surface area (Å²) in [5.41, 5.74) is 4.60. The lowest BCUT2D eigenvalue weighted by atomic mass is 9.78. The Labute approximate surface area is 148 Å². The molecule has 0 bridgehead atoms. The van der Waals surface area contributed by atoms with Gasteiger partial charge >= 0.3 is 0 Å². The van der Waals surface area contributed by atoms with Crippen molar-refractivity contribution in [2.24, 2.45) is 0 Å². The lowest BCUT2D eigenvalue weighted by Crippen LogP contribution is -2.17. The quantitative estimate of drug-likeness (QED) is 0.428. The lowest BCUT2D eigenvalue weighted by molar-refractivity contribution is 0.570. The molecule has 122 valence electrons. The Bertz CT molecular complexity index is 817. The molecule has 0 radical (unpaired) electrons. The molecule has 0 saturated heterocycles. The van der Waals surface area contributed by atoms with Crippen molar-refractivity contribution in [1.82, 2.24) is 0 Å². The van der Waals surface area contributed by atoms with Gasteiger partial charge in [-0.05, 0) is 46.6 Å². The molecule has 0 spiro atoms. The molecule has 23 heavy (non-hydrogen) atoms. The van der Waals surface area contributed by atoms with Crippen molar-refractivity contribution in [3.05, 3.63) is 46.3 Å². The molecule has 0 nitrogen and oxygen atoms in total. The van der Waals surface area contributed by atoms with Crippen molar-refractivity contribution < 1.29 is 0 Å². The maximum absolute atomic E-state index is 2.42. The maximum atomic E-state index is 2.42. The molecule has 1 aromatic carbocycles. The second-order valence-corrected chi connectivity index (χ2v) is 10.8. The Hall–Kier alpha value is -1.12. The predicted molar refractivity (Wildman–Crippen MR) is 107 cm³/mol. The van der Waals surface area contributed by atoms with Crippen LogP contribution in [0.15, 0.2) is 30.3 Å². The van der Waals surface area contributed by atoms with Gasteiger partial charge in [-0.1, -0.05) is 59.7 Å². The zero-order chi connectivity index (χ0) is 17.0. The minimum atomic E-state index is 0.143. The fraction of sp³-hybridized carbons (Fsp3) is 0.429. The van der Waals surface area contributed by atoms with E-state index in [-0.39, 0.29) is 10.8 Å². The van der Waals surface area contributed by atoms with Crippen molar-refractivity contribution in [3.63, 3.8) is 0 Å². The van der Waals surface area contributed by atoms with E-state index in [1.807, 2.05) is 22.7 Å². The summed E-state index contributed by atoms with van der Waals surface area (Å²) in [7, 11) is 0. The third kappa shape index (κ3) is 3.25. The Morgan fingerprint density at radius 3 is 1.96 bits per heavy atom. The van der Waals surface area contributed by atoms with E-state index in [4.69, 9.17) is 0 Å². The summed E-state index contributed by atoms with van der Waals surface area (Å²) in [5.74, 6) is 0. The third-order valence-electron chi connectivity index (χ3n) is 4.29. The van der Waals surface area contributed by atoms with E-state index in [1.165, 1.54) is 35.8 Å². The van der Waals surface area contributed by atoms with Gasteiger partial charge in [-0.3, -0.25) is 0 Å². The van der Waals surface area contributed by atoms with Crippen LogP contribution in [0.4, 0.5) is 0 Å². The molecule has 0 atom stereocenters. The molecule has 3 aromatic rings. The molecule has 2 aromatic heterocycles. The molecule has 2 heterocycles. The number of aryl methyl sites for hydroxylation is 1. The number of benzene rings is 1. The molecule has 0 aliphatic rings. The predicted octanol–water partition coefficient (Wildman–Crippen LogP) is 7.53. The molecule has 2 heteroatoms.